The highest BCUT2D eigenvalue weighted by Gasteiger charge is 2.15. The fourth-order valence-electron chi connectivity index (χ4n) is 2.65. The van der Waals surface area contributed by atoms with Gasteiger partial charge in [-0.15, -0.1) is 34.2 Å². The van der Waals surface area contributed by atoms with E-state index in [0.29, 0.717) is 12.5 Å². The molecule has 0 aliphatic carbocycles. The molecule has 23 heavy (non-hydrogen) atoms. The van der Waals surface area contributed by atoms with Crippen LogP contribution in [0.2, 0.25) is 0 Å². The maximum Gasteiger partial charge on any atom is 0.193 e. The standard InChI is InChI=1S/C16H22N6.HI/c1-2-12-6-8-13(9-7-12)19-16(17)18-11-15-21-20-14-5-3-4-10-22(14)15;/h6-9H,2-5,10-11H2,1H3,(H3,17,18,19);1H. The summed E-state index contributed by atoms with van der Waals surface area (Å²) in [6.45, 7) is 3.58. The van der Waals surface area contributed by atoms with Gasteiger partial charge in [-0.1, -0.05) is 19.1 Å². The number of fused-ring (bicyclic) bond motifs is 1. The van der Waals surface area contributed by atoms with Crippen LogP contribution < -0.4 is 11.1 Å². The lowest BCUT2D eigenvalue weighted by atomic mass is 10.1. The Hall–Kier alpha value is -1.64. The predicted octanol–water partition coefficient (Wildman–Crippen LogP) is 2.72. The van der Waals surface area contributed by atoms with Gasteiger partial charge in [-0.3, -0.25) is 0 Å². The van der Waals surface area contributed by atoms with Gasteiger partial charge in [0.05, 0.1) is 0 Å². The summed E-state index contributed by atoms with van der Waals surface area (Å²) in [4.78, 5) is 4.37. The van der Waals surface area contributed by atoms with Gasteiger partial charge in [-0.25, -0.2) is 4.99 Å². The fourth-order valence-corrected chi connectivity index (χ4v) is 2.65. The number of nitrogens with one attached hydrogen (secondary N) is 1. The van der Waals surface area contributed by atoms with Crippen LogP contribution in [-0.4, -0.2) is 20.7 Å². The van der Waals surface area contributed by atoms with Crippen LogP contribution in [0.3, 0.4) is 0 Å². The second-order valence-corrected chi connectivity index (χ2v) is 5.52. The van der Waals surface area contributed by atoms with E-state index in [1.165, 1.54) is 18.4 Å². The second kappa shape index (κ2) is 8.28. The van der Waals surface area contributed by atoms with E-state index in [1.54, 1.807) is 0 Å². The molecule has 0 atom stereocenters. The van der Waals surface area contributed by atoms with Crippen molar-refractivity contribution in [3.05, 3.63) is 41.5 Å². The Balaban J connectivity index is 0.00000192. The van der Waals surface area contributed by atoms with Crippen LogP contribution in [0.15, 0.2) is 29.3 Å². The molecule has 0 amide bonds. The number of nitrogens with two attached hydrogens (primary N) is 1. The fraction of sp³-hybridized carbons (Fsp3) is 0.438. The quantitative estimate of drug-likeness (QED) is 0.448. The summed E-state index contributed by atoms with van der Waals surface area (Å²) in [6, 6.07) is 8.20. The van der Waals surface area contributed by atoms with Crippen LogP contribution in [0.4, 0.5) is 5.69 Å². The molecule has 0 spiro atoms. The molecule has 0 saturated heterocycles. The Kier molecular flexibility index (Phi) is 6.37. The minimum Gasteiger partial charge on any atom is -0.370 e. The number of aliphatic imine (C=N–C) groups is 1. The number of hydrogen-bond acceptors (Lipinski definition) is 3. The van der Waals surface area contributed by atoms with Crippen molar-refractivity contribution >= 4 is 35.6 Å². The first-order chi connectivity index (χ1) is 10.8. The number of hydrogen-bond donors (Lipinski definition) is 2. The van der Waals surface area contributed by atoms with E-state index in [0.717, 1.165) is 36.7 Å². The number of halogens is 1. The number of rotatable bonds is 4. The maximum atomic E-state index is 5.95. The van der Waals surface area contributed by atoms with E-state index in [1.807, 2.05) is 12.1 Å². The van der Waals surface area contributed by atoms with Crippen LogP contribution >= 0.6 is 24.0 Å². The first kappa shape index (κ1) is 17.7. The zero-order chi connectivity index (χ0) is 15.4. The number of anilines is 1. The molecule has 1 aromatic heterocycles. The predicted molar refractivity (Wildman–Crippen MR) is 103 cm³/mol. The van der Waals surface area contributed by atoms with Crippen LogP contribution in [0.25, 0.3) is 0 Å². The lowest BCUT2D eigenvalue weighted by molar-refractivity contribution is 0.508. The highest BCUT2D eigenvalue weighted by atomic mass is 127. The lowest BCUT2D eigenvalue weighted by Gasteiger charge is -2.14. The smallest absolute Gasteiger partial charge is 0.193 e. The summed E-state index contributed by atoms with van der Waals surface area (Å²) in [5.74, 6) is 2.36. The summed E-state index contributed by atoms with van der Waals surface area (Å²) in [5.41, 5.74) is 8.20. The molecule has 7 heteroatoms. The van der Waals surface area contributed by atoms with Crippen molar-refractivity contribution in [2.24, 2.45) is 10.7 Å². The van der Waals surface area contributed by atoms with Gasteiger partial charge in [0, 0.05) is 18.7 Å². The molecule has 3 rings (SSSR count). The molecule has 124 valence electrons. The van der Waals surface area contributed by atoms with Gasteiger partial charge >= 0.3 is 0 Å². The topological polar surface area (TPSA) is 81.1 Å². The van der Waals surface area contributed by atoms with Gasteiger partial charge in [0.25, 0.3) is 0 Å². The number of guanidine groups is 1. The largest absolute Gasteiger partial charge is 0.370 e. The van der Waals surface area contributed by atoms with Crippen molar-refractivity contribution in [3.63, 3.8) is 0 Å². The lowest BCUT2D eigenvalue weighted by Crippen LogP contribution is -2.23. The highest BCUT2D eigenvalue weighted by molar-refractivity contribution is 14.0. The molecule has 3 N–H and O–H groups in total. The average molecular weight is 426 g/mol. The Morgan fingerprint density at radius 1 is 1.26 bits per heavy atom. The minimum absolute atomic E-state index is 0. The summed E-state index contributed by atoms with van der Waals surface area (Å²) < 4.78 is 2.16. The summed E-state index contributed by atoms with van der Waals surface area (Å²) in [6.07, 6.45) is 4.41. The van der Waals surface area contributed by atoms with Crippen molar-refractivity contribution in [1.29, 1.82) is 0 Å². The summed E-state index contributed by atoms with van der Waals surface area (Å²) in [7, 11) is 0. The minimum atomic E-state index is 0. The maximum absolute atomic E-state index is 5.95. The number of aromatic nitrogens is 3. The van der Waals surface area contributed by atoms with E-state index in [-0.39, 0.29) is 24.0 Å². The Labute approximate surface area is 153 Å². The molecule has 0 radical (unpaired) electrons. The van der Waals surface area contributed by atoms with Crippen molar-refractivity contribution in [2.45, 2.75) is 45.7 Å². The van der Waals surface area contributed by atoms with Crippen molar-refractivity contribution in [1.82, 2.24) is 14.8 Å². The zero-order valence-electron chi connectivity index (χ0n) is 13.3. The van der Waals surface area contributed by atoms with E-state index >= 15 is 0 Å². The third-order valence-electron chi connectivity index (χ3n) is 3.96. The van der Waals surface area contributed by atoms with E-state index in [2.05, 4.69) is 44.1 Å². The van der Waals surface area contributed by atoms with Gasteiger partial charge in [0.15, 0.2) is 11.8 Å². The number of nitrogens with zero attached hydrogens (tertiary/aromatic N) is 4. The normalized spacial score (nSPS) is 14.0. The molecule has 0 saturated carbocycles. The number of benzene rings is 1. The number of aryl methyl sites for hydroxylation is 2. The molecule has 0 bridgehead atoms. The molecule has 1 aromatic carbocycles. The molecule has 1 aliphatic rings. The zero-order valence-corrected chi connectivity index (χ0v) is 15.7. The van der Waals surface area contributed by atoms with Gasteiger partial charge in [-0.05, 0) is 37.0 Å². The molecule has 0 unspecified atom stereocenters. The summed E-state index contributed by atoms with van der Waals surface area (Å²) >= 11 is 0. The van der Waals surface area contributed by atoms with Crippen molar-refractivity contribution < 1.29 is 0 Å². The van der Waals surface area contributed by atoms with E-state index in [4.69, 9.17) is 5.73 Å². The van der Waals surface area contributed by atoms with Crippen LogP contribution in [0.1, 0.15) is 37.0 Å². The SMILES string of the molecule is CCc1ccc(NC(N)=NCc2nnc3n2CCCC3)cc1.I. The molecule has 1 aliphatic heterocycles. The Morgan fingerprint density at radius 3 is 2.78 bits per heavy atom. The van der Waals surface area contributed by atoms with Crippen molar-refractivity contribution in [3.8, 4) is 0 Å². The van der Waals surface area contributed by atoms with Gasteiger partial charge < -0.3 is 15.6 Å². The second-order valence-electron chi connectivity index (χ2n) is 5.52. The Morgan fingerprint density at radius 2 is 2.04 bits per heavy atom. The molecule has 0 fully saturated rings. The van der Waals surface area contributed by atoms with Crippen molar-refractivity contribution in [2.75, 3.05) is 5.32 Å². The van der Waals surface area contributed by atoms with Gasteiger partial charge in [-0.2, -0.15) is 0 Å². The molecular formula is C16H23IN6. The molecule has 6 nitrogen and oxygen atoms in total. The molecule has 2 heterocycles. The van der Waals surface area contributed by atoms with E-state index < -0.39 is 0 Å². The first-order valence-electron chi connectivity index (χ1n) is 7.83. The molecule has 2 aromatic rings. The van der Waals surface area contributed by atoms with Gasteiger partial charge in [0.2, 0.25) is 0 Å². The monoisotopic (exact) mass is 426 g/mol. The van der Waals surface area contributed by atoms with Crippen LogP contribution in [0, 0.1) is 0 Å². The van der Waals surface area contributed by atoms with E-state index in [9.17, 15) is 0 Å². The third kappa shape index (κ3) is 4.43. The Bertz CT molecular complexity index is 662. The third-order valence-corrected chi connectivity index (χ3v) is 3.96. The molecular weight excluding hydrogens is 403 g/mol. The average Bonchev–Trinajstić information content (AvgIpc) is 2.97. The highest BCUT2D eigenvalue weighted by Crippen LogP contribution is 2.15. The van der Waals surface area contributed by atoms with Crippen LogP contribution in [-0.2, 0) is 25.9 Å². The first-order valence-corrected chi connectivity index (χ1v) is 7.83. The van der Waals surface area contributed by atoms with Gasteiger partial charge in [0.1, 0.15) is 12.4 Å². The summed E-state index contributed by atoms with van der Waals surface area (Å²) in [5, 5.41) is 11.5. The van der Waals surface area contributed by atoms with Crippen LogP contribution in [0.5, 0.6) is 0 Å².